The summed E-state index contributed by atoms with van der Waals surface area (Å²) in [5.74, 6) is -0.198. The zero-order chi connectivity index (χ0) is 9.84. The lowest BCUT2D eigenvalue weighted by Crippen LogP contribution is -2.06. The number of aryl methyl sites for hydroxylation is 1. The van der Waals surface area contributed by atoms with Gasteiger partial charge in [0.15, 0.2) is 3.95 Å². The van der Waals surface area contributed by atoms with Crippen LogP contribution in [-0.4, -0.2) is 11.0 Å². The van der Waals surface area contributed by atoms with E-state index >= 15 is 0 Å². The molecule has 0 aromatic carbocycles. The van der Waals surface area contributed by atoms with Crippen LogP contribution in [0.25, 0.3) is 0 Å². The molecule has 0 fully saturated rings. The summed E-state index contributed by atoms with van der Waals surface area (Å²) >= 11 is 6.19. The fourth-order valence-corrected chi connectivity index (χ4v) is 1.94. The Kier molecular flexibility index (Phi) is 3.62. The second-order valence-corrected chi connectivity index (χ2v) is 4.30. The van der Waals surface area contributed by atoms with E-state index in [0.717, 1.165) is 12.1 Å². The first-order valence-corrected chi connectivity index (χ1v) is 5.26. The molecule has 0 aliphatic carbocycles. The number of nitrogens with one attached hydrogen (secondary N) is 1. The fourth-order valence-electron chi connectivity index (χ4n) is 0.846. The van der Waals surface area contributed by atoms with Crippen LogP contribution in [0.4, 0.5) is 0 Å². The minimum Gasteiger partial charge on any atom is -0.413 e. The maximum atomic E-state index is 11.1. The first-order chi connectivity index (χ1) is 6.13. The van der Waals surface area contributed by atoms with E-state index in [2.05, 4.69) is 4.98 Å². The SMILES string of the molecule is CCCC(=O)Oc1sc(=S)[nH]c1C. The quantitative estimate of drug-likeness (QED) is 0.625. The van der Waals surface area contributed by atoms with Crippen LogP contribution in [0.3, 0.4) is 0 Å². The van der Waals surface area contributed by atoms with Gasteiger partial charge < -0.3 is 9.72 Å². The smallest absolute Gasteiger partial charge is 0.312 e. The van der Waals surface area contributed by atoms with Crippen molar-refractivity contribution in [1.82, 2.24) is 4.98 Å². The molecule has 0 saturated heterocycles. The van der Waals surface area contributed by atoms with Gasteiger partial charge in [0.05, 0.1) is 5.69 Å². The van der Waals surface area contributed by atoms with E-state index in [1.165, 1.54) is 11.3 Å². The van der Waals surface area contributed by atoms with Crippen LogP contribution in [-0.2, 0) is 4.79 Å². The summed E-state index contributed by atoms with van der Waals surface area (Å²) in [6.07, 6.45) is 1.25. The van der Waals surface area contributed by atoms with Gasteiger partial charge >= 0.3 is 5.97 Å². The number of hydrogen-bond donors (Lipinski definition) is 1. The molecule has 0 amide bonds. The Morgan fingerprint density at radius 3 is 2.85 bits per heavy atom. The number of thiazole rings is 1. The van der Waals surface area contributed by atoms with Crippen molar-refractivity contribution in [2.24, 2.45) is 0 Å². The molecule has 0 aliphatic heterocycles. The van der Waals surface area contributed by atoms with E-state index in [-0.39, 0.29) is 5.97 Å². The van der Waals surface area contributed by atoms with E-state index in [4.69, 9.17) is 17.0 Å². The predicted molar refractivity (Wildman–Crippen MR) is 54.8 cm³/mol. The van der Waals surface area contributed by atoms with Gasteiger partial charge in [0.1, 0.15) is 0 Å². The average Bonchev–Trinajstić information content (AvgIpc) is 2.30. The van der Waals surface area contributed by atoms with E-state index in [1.54, 1.807) is 0 Å². The number of aromatic nitrogens is 1. The Bertz CT molecular complexity index is 353. The van der Waals surface area contributed by atoms with E-state index < -0.39 is 0 Å². The fraction of sp³-hybridized carbons (Fsp3) is 0.500. The summed E-state index contributed by atoms with van der Waals surface area (Å²) < 4.78 is 5.72. The summed E-state index contributed by atoms with van der Waals surface area (Å²) in [7, 11) is 0. The zero-order valence-corrected chi connectivity index (χ0v) is 9.18. The zero-order valence-electron chi connectivity index (χ0n) is 7.55. The average molecular weight is 217 g/mol. The second kappa shape index (κ2) is 4.53. The van der Waals surface area contributed by atoms with Crippen LogP contribution in [0.2, 0.25) is 0 Å². The van der Waals surface area contributed by atoms with Crippen molar-refractivity contribution in [3.8, 4) is 5.06 Å². The van der Waals surface area contributed by atoms with Gasteiger partial charge in [-0.3, -0.25) is 4.79 Å². The number of aromatic amines is 1. The standard InChI is InChI=1S/C8H11NO2S2/c1-3-4-6(10)11-7-5(2)9-8(12)13-7/h3-4H2,1-2H3,(H,9,12). The Balaban J connectivity index is 2.68. The molecule has 0 saturated carbocycles. The number of esters is 1. The number of rotatable bonds is 3. The molecule has 0 radical (unpaired) electrons. The van der Waals surface area contributed by atoms with Crippen molar-refractivity contribution in [1.29, 1.82) is 0 Å². The summed E-state index contributed by atoms with van der Waals surface area (Å²) in [5.41, 5.74) is 0.819. The van der Waals surface area contributed by atoms with Gasteiger partial charge in [-0.2, -0.15) is 0 Å². The molecule has 0 aliphatic rings. The molecule has 13 heavy (non-hydrogen) atoms. The highest BCUT2D eigenvalue weighted by atomic mass is 32.1. The largest absolute Gasteiger partial charge is 0.413 e. The van der Waals surface area contributed by atoms with Crippen LogP contribution in [0.1, 0.15) is 25.5 Å². The maximum Gasteiger partial charge on any atom is 0.312 e. The van der Waals surface area contributed by atoms with Gasteiger partial charge in [0.25, 0.3) is 0 Å². The van der Waals surface area contributed by atoms with Crippen molar-refractivity contribution in [3.63, 3.8) is 0 Å². The molecule has 5 heteroatoms. The summed E-state index contributed by atoms with van der Waals surface area (Å²) in [4.78, 5) is 14.0. The molecule has 1 aromatic rings. The monoisotopic (exact) mass is 217 g/mol. The van der Waals surface area contributed by atoms with Gasteiger partial charge in [-0.25, -0.2) is 0 Å². The topological polar surface area (TPSA) is 42.1 Å². The number of hydrogen-bond acceptors (Lipinski definition) is 4. The van der Waals surface area contributed by atoms with Gasteiger partial charge in [0.2, 0.25) is 5.06 Å². The van der Waals surface area contributed by atoms with Crippen LogP contribution < -0.4 is 4.74 Å². The number of carbonyl (C=O) groups is 1. The van der Waals surface area contributed by atoms with E-state index in [1.807, 2.05) is 13.8 Å². The van der Waals surface area contributed by atoms with Gasteiger partial charge in [-0.05, 0) is 25.6 Å². The second-order valence-electron chi connectivity index (χ2n) is 2.65. The van der Waals surface area contributed by atoms with E-state index in [0.29, 0.717) is 15.4 Å². The normalized spacial score (nSPS) is 10.0. The van der Waals surface area contributed by atoms with Crippen LogP contribution >= 0.6 is 23.6 Å². The third kappa shape index (κ3) is 2.93. The number of H-pyrrole nitrogens is 1. The highest BCUT2D eigenvalue weighted by molar-refractivity contribution is 7.73. The minimum atomic E-state index is -0.198. The van der Waals surface area contributed by atoms with Crippen LogP contribution in [0, 0.1) is 10.9 Å². The van der Waals surface area contributed by atoms with Gasteiger partial charge in [-0.1, -0.05) is 18.3 Å². The van der Waals surface area contributed by atoms with Crippen molar-refractivity contribution < 1.29 is 9.53 Å². The predicted octanol–water partition coefficient (Wildman–Crippen LogP) is 2.82. The Morgan fingerprint density at radius 1 is 1.69 bits per heavy atom. The lowest BCUT2D eigenvalue weighted by Gasteiger charge is -1.99. The molecular weight excluding hydrogens is 206 g/mol. The molecule has 1 rings (SSSR count). The molecule has 1 aromatic heterocycles. The third-order valence-electron chi connectivity index (χ3n) is 1.44. The van der Waals surface area contributed by atoms with Crippen LogP contribution in [0.5, 0.6) is 5.06 Å². The Morgan fingerprint density at radius 2 is 2.38 bits per heavy atom. The number of ether oxygens (including phenoxy) is 1. The molecule has 0 spiro atoms. The van der Waals surface area contributed by atoms with Gasteiger partial charge in [-0.15, -0.1) is 0 Å². The van der Waals surface area contributed by atoms with Crippen molar-refractivity contribution in [2.45, 2.75) is 26.7 Å². The van der Waals surface area contributed by atoms with Crippen molar-refractivity contribution >= 4 is 29.5 Å². The summed E-state index contributed by atoms with van der Waals surface area (Å²) in [6, 6.07) is 0. The molecule has 72 valence electrons. The molecule has 1 N–H and O–H groups in total. The number of carbonyl (C=O) groups excluding carboxylic acids is 1. The van der Waals surface area contributed by atoms with Crippen LogP contribution in [0.15, 0.2) is 0 Å². The summed E-state index contributed by atoms with van der Waals surface area (Å²) in [5, 5.41) is 0.587. The maximum absolute atomic E-state index is 11.1. The Labute approximate surface area is 85.7 Å². The van der Waals surface area contributed by atoms with E-state index in [9.17, 15) is 4.79 Å². The molecular formula is C8H11NO2S2. The highest BCUT2D eigenvalue weighted by Crippen LogP contribution is 2.24. The first kappa shape index (κ1) is 10.4. The molecule has 1 heterocycles. The highest BCUT2D eigenvalue weighted by Gasteiger charge is 2.08. The minimum absolute atomic E-state index is 0.198. The molecule has 3 nitrogen and oxygen atoms in total. The lowest BCUT2D eigenvalue weighted by molar-refractivity contribution is -0.134. The molecule has 0 bridgehead atoms. The Hall–Kier alpha value is -0.680. The molecule has 0 unspecified atom stereocenters. The summed E-state index contributed by atoms with van der Waals surface area (Å²) in [6.45, 7) is 3.77. The molecule has 0 atom stereocenters. The van der Waals surface area contributed by atoms with Crippen molar-refractivity contribution in [3.05, 3.63) is 9.65 Å². The lowest BCUT2D eigenvalue weighted by atomic mass is 10.3. The van der Waals surface area contributed by atoms with Gasteiger partial charge in [0, 0.05) is 6.42 Å². The first-order valence-electron chi connectivity index (χ1n) is 4.04. The van der Waals surface area contributed by atoms with Crippen molar-refractivity contribution in [2.75, 3.05) is 0 Å². The third-order valence-corrected chi connectivity index (χ3v) is 2.66.